The van der Waals surface area contributed by atoms with Crippen LogP contribution in [-0.2, 0) is 42.7 Å². The van der Waals surface area contributed by atoms with Crippen LogP contribution in [0.15, 0.2) is 0 Å². The van der Waals surface area contributed by atoms with Gasteiger partial charge >= 0.3 is 11.9 Å². The van der Waals surface area contributed by atoms with Gasteiger partial charge in [-0.15, -0.1) is 0 Å². The minimum Gasteiger partial charge on any atom is -0.477 e. The summed E-state index contributed by atoms with van der Waals surface area (Å²) in [6.45, 7) is 4.01. The average Bonchev–Trinajstić information content (AvgIpc) is 2.70. The smallest absolute Gasteiger partial charge is 0.364 e. The van der Waals surface area contributed by atoms with Gasteiger partial charge in [0.2, 0.25) is 0 Å². The maximum atomic E-state index is 11.6. The lowest BCUT2D eigenvalue weighted by atomic mass is 9.90. The fraction of sp³-hybridized carbons (Fsp3) is 0.895. The zero-order valence-corrected chi connectivity index (χ0v) is 17.8. The molecule has 3 fully saturated rings. The van der Waals surface area contributed by atoms with Crippen molar-refractivity contribution in [1.29, 1.82) is 0 Å². The Labute approximate surface area is 179 Å². The van der Waals surface area contributed by atoms with Gasteiger partial charge < -0.3 is 48.5 Å². The summed E-state index contributed by atoms with van der Waals surface area (Å²) in [6, 6.07) is 0. The van der Waals surface area contributed by atoms with E-state index in [2.05, 4.69) is 0 Å². The number of hydrogen-bond acceptors (Lipinski definition) is 11. The third-order valence-corrected chi connectivity index (χ3v) is 5.73. The fourth-order valence-electron chi connectivity index (χ4n) is 3.93. The van der Waals surface area contributed by atoms with Gasteiger partial charge in [0.1, 0.15) is 31.0 Å². The van der Waals surface area contributed by atoms with Crippen LogP contribution >= 0.6 is 0 Å². The van der Waals surface area contributed by atoms with Gasteiger partial charge in [-0.25, -0.2) is 4.79 Å². The highest BCUT2D eigenvalue weighted by Crippen LogP contribution is 2.38. The number of ether oxygens (including phenoxy) is 7. The van der Waals surface area contributed by atoms with Gasteiger partial charge in [0, 0.05) is 33.3 Å². The Balaban J connectivity index is 1.78. The predicted molar refractivity (Wildman–Crippen MR) is 98.5 cm³/mol. The molecule has 8 unspecified atom stereocenters. The minimum atomic E-state index is -1.90. The number of carboxylic acids is 1. The summed E-state index contributed by atoms with van der Waals surface area (Å²) in [5.41, 5.74) is 0. The summed E-state index contributed by atoms with van der Waals surface area (Å²) in [5, 5.41) is 30.0. The molecule has 3 N–H and O–H groups in total. The van der Waals surface area contributed by atoms with Crippen molar-refractivity contribution in [2.24, 2.45) is 5.92 Å². The lowest BCUT2D eigenvalue weighted by molar-refractivity contribution is -0.391. The number of hydrogen-bond donors (Lipinski definition) is 3. The van der Waals surface area contributed by atoms with E-state index >= 15 is 0 Å². The number of carboxylic acid groups (broad SMARTS) is 1. The molecule has 3 rings (SSSR count). The normalized spacial score (nSPS) is 45.5. The molecule has 0 aromatic carbocycles. The molecule has 0 bridgehead atoms. The minimum absolute atomic E-state index is 0.0627. The highest BCUT2D eigenvalue weighted by molar-refractivity contribution is 5.75. The average molecular weight is 450 g/mol. The molecule has 0 aromatic rings. The van der Waals surface area contributed by atoms with E-state index in [1.54, 1.807) is 6.92 Å². The molecule has 3 aliphatic heterocycles. The monoisotopic (exact) mass is 450 g/mol. The van der Waals surface area contributed by atoms with E-state index < -0.39 is 72.8 Å². The first-order chi connectivity index (χ1) is 14.6. The van der Waals surface area contributed by atoms with Crippen molar-refractivity contribution in [2.75, 3.05) is 20.3 Å². The number of aliphatic carboxylic acids is 1. The molecular weight excluding hydrogens is 420 g/mol. The highest BCUT2D eigenvalue weighted by Gasteiger charge is 2.55. The summed E-state index contributed by atoms with van der Waals surface area (Å²) in [6.07, 6.45) is -7.41. The van der Waals surface area contributed by atoms with Crippen molar-refractivity contribution in [1.82, 2.24) is 0 Å². The number of esters is 1. The second-order valence-corrected chi connectivity index (χ2v) is 8.10. The van der Waals surface area contributed by atoms with Gasteiger partial charge in [-0.3, -0.25) is 4.79 Å². The molecule has 0 radical (unpaired) electrons. The highest BCUT2D eigenvalue weighted by atomic mass is 16.8. The van der Waals surface area contributed by atoms with Crippen LogP contribution in [0.25, 0.3) is 0 Å². The Bertz CT molecular complexity index is 658. The number of aliphatic hydroxyl groups excluding tert-OH is 2. The molecule has 0 amide bonds. The summed E-state index contributed by atoms with van der Waals surface area (Å²) in [5.74, 6) is -4.17. The largest absolute Gasteiger partial charge is 0.477 e. The van der Waals surface area contributed by atoms with E-state index in [9.17, 15) is 24.9 Å². The Hall–Kier alpha value is -1.38. The van der Waals surface area contributed by atoms with E-state index in [1.807, 2.05) is 0 Å². The van der Waals surface area contributed by atoms with Gasteiger partial charge in [0.15, 0.2) is 12.6 Å². The lowest BCUT2D eigenvalue weighted by Gasteiger charge is -2.51. The molecule has 10 atom stereocenters. The molecular formula is C19H30O12. The van der Waals surface area contributed by atoms with Crippen molar-refractivity contribution in [3.63, 3.8) is 0 Å². The van der Waals surface area contributed by atoms with Crippen molar-refractivity contribution in [3.8, 4) is 0 Å². The van der Waals surface area contributed by atoms with Crippen LogP contribution in [0.2, 0.25) is 0 Å². The maximum Gasteiger partial charge on any atom is 0.364 e. The summed E-state index contributed by atoms with van der Waals surface area (Å²) in [4.78, 5) is 22.7. The van der Waals surface area contributed by atoms with Crippen molar-refractivity contribution in [2.45, 2.75) is 82.2 Å². The summed E-state index contributed by atoms with van der Waals surface area (Å²) in [7, 11) is 1.46. The van der Waals surface area contributed by atoms with Gasteiger partial charge in [0.05, 0.1) is 18.8 Å². The number of fused-ring (bicyclic) bond motifs is 1. The van der Waals surface area contributed by atoms with Crippen LogP contribution in [-0.4, -0.2) is 103 Å². The molecule has 3 heterocycles. The summed E-state index contributed by atoms with van der Waals surface area (Å²) >= 11 is 0. The molecule has 0 aromatic heterocycles. The first-order valence-corrected chi connectivity index (χ1v) is 10.1. The second-order valence-electron chi connectivity index (χ2n) is 8.10. The molecule has 0 spiro atoms. The predicted octanol–water partition coefficient (Wildman–Crippen LogP) is -1.00. The Morgan fingerprint density at radius 1 is 1.16 bits per heavy atom. The molecule has 178 valence electrons. The molecule has 0 aliphatic carbocycles. The van der Waals surface area contributed by atoms with E-state index in [1.165, 1.54) is 21.0 Å². The Kier molecular flexibility index (Phi) is 7.54. The van der Waals surface area contributed by atoms with Gasteiger partial charge in [-0.1, -0.05) is 6.92 Å². The zero-order chi connectivity index (χ0) is 22.9. The Morgan fingerprint density at radius 2 is 1.87 bits per heavy atom. The van der Waals surface area contributed by atoms with E-state index in [4.69, 9.17) is 33.2 Å². The van der Waals surface area contributed by atoms with Gasteiger partial charge in [-0.05, 0) is 0 Å². The van der Waals surface area contributed by atoms with Gasteiger partial charge in [-0.2, -0.15) is 0 Å². The van der Waals surface area contributed by atoms with Crippen LogP contribution in [0.3, 0.4) is 0 Å². The van der Waals surface area contributed by atoms with Crippen LogP contribution in [0.1, 0.15) is 27.2 Å². The van der Waals surface area contributed by atoms with Crippen molar-refractivity contribution >= 4 is 11.9 Å². The second kappa shape index (κ2) is 9.63. The first-order valence-electron chi connectivity index (χ1n) is 10.1. The fourth-order valence-corrected chi connectivity index (χ4v) is 3.93. The molecule has 3 saturated heterocycles. The first kappa shape index (κ1) is 24.3. The summed E-state index contributed by atoms with van der Waals surface area (Å²) < 4.78 is 38.9. The lowest BCUT2D eigenvalue weighted by Crippen LogP contribution is -2.66. The SMILES string of the molecule is COC1OC2COC(C)(C(=O)O)OC2C(OC2OC(COC(C)=O)[C@@H](O)C[C@@H]2O)C1C. The van der Waals surface area contributed by atoms with Crippen LogP contribution < -0.4 is 0 Å². The molecule has 0 saturated carbocycles. The quantitative estimate of drug-likeness (QED) is 0.424. The van der Waals surface area contributed by atoms with Crippen LogP contribution in [0, 0.1) is 5.92 Å². The van der Waals surface area contributed by atoms with Crippen molar-refractivity contribution < 1.29 is 58.1 Å². The Morgan fingerprint density at radius 3 is 2.48 bits per heavy atom. The van der Waals surface area contributed by atoms with E-state index in [0.29, 0.717) is 0 Å². The van der Waals surface area contributed by atoms with E-state index in [0.717, 1.165) is 0 Å². The van der Waals surface area contributed by atoms with Crippen molar-refractivity contribution in [3.05, 3.63) is 0 Å². The number of methoxy groups -OCH3 is 1. The van der Waals surface area contributed by atoms with E-state index in [-0.39, 0.29) is 19.6 Å². The number of carbonyl (C=O) groups excluding carboxylic acids is 1. The van der Waals surface area contributed by atoms with Crippen LogP contribution in [0.4, 0.5) is 0 Å². The third kappa shape index (κ3) is 5.17. The molecule has 31 heavy (non-hydrogen) atoms. The van der Waals surface area contributed by atoms with Crippen LogP contribution in [0.5, 0.6) is 0 Å². The standard InChI is InChI=1S/C19H30O12/c1-8-14(30-17-11(22)5-10(21)12(28-17)6-26-9(2)20)15-13(29-16(8)25-4)7-27-19(3,31-15)18(23)24/h8,10-17,21-22H,5-7H2,1-4H3,(H,23,24)/t8?,10-,11-,12?,13?,14?,15?,16?,17?,19?/m0/s1. The molecule has 12 heteroatoms. The maximum absolute atomic E-state index is 11.6. The van der Waals surface area contributed by atoms with Gasteiger partial charge in [0.25, 0.3) is 5.79 Å². The molecule has 12 nitrogen and oxygen atoms in total. The number of aliphatic hydroxyl groups is 2. The number of carbonyl (C=O) groups is 2. The topological polar surface area (TPSA) is 159 Å². The third-order valence-electron chi connectivity index (χ3n) is 5.73. The molecule has 3 aliphatic rings. The zero-order valence-electron chi connectivity index (χ0n) is 17.8. The number of rotatable bonds is 6.